The maximum atomic E-state index is 12.3. The number of nitrogens with one attached hydrogen (secondary N) is 2. The first-order valence-corrected chi connectivity index (χ1v) is 8.65. The number of benzene rings is 1. The van der Waals surface area contributed by atoms with Crippen molar-refractivity contribution in [2.75, 3.05) is 5.32 Å². The number of hydrogen-bond donors (Lipinski definition) is 2. The van der Waals surface area contributed by atoms with E-state index in [0.29, 0.717) is 27.7 Å². The van der Waals surface area contributed by atoms with Crippen LogP contribution in [0.3, 0.4) is 0 Å². The Hall–Kier alpha value is -2.70. The molecule has 0 aliphatic carbocycles. The van der Waals surface area contributed by atoms with Crippen LogP contribution in [0, 0.1) is 0 Å². The fourth-order valence-electron chi connectivity index (χ4n) is 2.15. The molecule has 3 aromatic rings. The Bertz CT molecular complexity index is 896. The molecule has 7 heteroatoms. The number of halogens is 1. The van der Waals surface area contributed by atoms with E-state index in [0.717, 1.165) is 4.88 Å². The molecule has 0 spiro atoms. The van der Waals surface area contributed by atoms with E-state index in [9.17, 15) is 9.59 Å². The van der Waals surface area contributed by atoms with Crippen LogP contribution < -0.4 is 10.6 Å². The maximum absolute atomic E-state index is 12.3. The van der Waals surface area contributed by atoms with Gasteiger partial charge in [0.05, 0.1) is 16.4 Å². The third-order valence-electron chi connectivity index (χ3n) is 3.36. The summed E-state index contributed by atoms with van der Waals surface area (Å²) in [5.74, 6) is -0.499. The van der Waals surface area contributed by atoms with Gasteiger partial charge in [0, 0.05) is 28.5 Å². The van der Waals surface area contributed by atoms with E-state index in [1.165, 1.54) is 17.5 Å². The number of thiophene rings is 1. The number of nitrogens with zero attached hydrogens (tertiary/aromatic N) is 1. The van der Waals surface area contributed by atoms with Gasteiger partial charge >= 0.3 is 0 Å². The summed E-state index contributed by atoms with van der Waals surface area (Å²) in [6, 6.07) is 13.8. The Morgan fingerprint density at radius 3 is 2.60 bits per heavy atom. The Morgan fingerprint density at radius 1 is 1.04 bits per heavy atom. The third-order valence-corrected chi connectivity index (χ3v) is 4.59. The number of amides is 2. The fourth-order valence-corrected chi connectivity index (χ4v) is 3.18. The van der Waals surface area contributed by atoms with Gasteiger partial charge in [-0.05, 0) is 42.5 Å². The predicted molar refractivity (Wildman–Crippen MR) is 99.1 cm³/mol. The van der Waals surface area contributed by atoms with E-state index < -0.39 is 0 Å². The van der Waals surface area contributed by atoms with Crippen molar-refractivity contribution < 1.29 is 9.59 Å². The van der Waals surface area contributed by atoms with Crippen molar-refractivity contribution in [3.8, 4) is 0 Å². The first kappa shape index (κ1) is 17.1. The highest BCUT2D eigenvalue weighted by Gasteiger charge is 2.10. The van der Waals surface area contributed by atoms with Crippen molar-refractivity contribution in [3.63, 3.8) is 0 Å². The normalized spacial score (nSPS) is 10.3. The molecule has 0 aliphatic rings. The summed E-state index contributed by atoms with van der Waals surface area (Å²) >= 11 is 7.30. The van der Waals surface area contributed by atoms with Crippen LogP contribution in [0.4, 0.5) is 5.69 Å². The molecule has 0 aliphatic heterocycles. The molecular formula is C18H14ClN3O2S. The Kier molecular flexibility index (Phi) is 5.42. The zero-order chi connectivity index (χ0) is 17.6. The largest absolute Gasteiger partial charge is 0.347 e. The lowest BCUT2D eigenvalue weighted by Gasteiger charge is -2.08. The molecule has 3 rings (SSSR count). The van der Waals surface area contributed by atoms with E-state index in [4.69, 9.17) is 11.6 Å². The Balaban J connectivity index is 1.64. The van der Waals surface area contributed by atoms with E-state index in [1.54, 1.807) is 48.7 Å². The molecule has 0 saturated carbocycles. The fraction of sp³-hybridized carbons (Fsp3) is 0.0556. The molecule has 0 bridgehead atoms. The summed E-state index contributed by atoms with van der Waals surface area (Å²) in [6.07, 6.45) is 3.08. The molecule has 126 valence electrons. The third kappa shape index (κ3) is 4.65. The van der Waals surface area contributed by atoms with Crippen LogP contribution >= 0.6 is 22.9 Å². The van der Waals surface area contributed by atoms with Crippen molar-refractivity contribution in [2.45, 2.75) is 6.54 Å². The first-order valence-electron chi connectivity index (χ1n) is 7.46. The molecule has 0 radical (unpaired) electrons. The molecule has 0 saturated heterocycles. The van der Waals surface area contributed by atoms with Gasteiger partial charge in [0.15, 0.2) is 0 Å². The van der Waals surface area contributed by atoms with Crippen molar-refractivity contribution in [1.29, 1.82) is 0 Å². The molecule has 2 aromatic heterocycles. The lowest BCUT2D eigenvalue weighted by atomic mass is 10.1. The minimum atomic E-state index is -0.279. The van der Waals surface area contributed by atoms with Crippen LogP contribution in [0.15, 0.2) is 60.9 Å². The molecule has 0 unspecified atom stereocenters. The number of rotatable bonds is 5. The second-order valence-corrected chi connectivity index (χ2v) is 6.96. The predicted octanol–water partition coefficient (Wildman–Crippen LogP) is 3.98. The van der Waals surface area contributed by atoms with Gasteiger partial charge in [-0.1, -0.05) is 17.7 Å². The molecule has 5 nitrogen and oxygen atoms in total. The molecule has 25 heavy (non-hydrogen) atoms. The zero-order valence-electron chi connectivity index (χ0n) is 13.0. The number of pyridine rings is 1. The monoisotopic (exact) mass is 371 g/mol. The quantitative estimate of drug-likeness (QED) is 0.712. The van der Waals surface area contributed by atoms with Crippen LogP contribution in [-0.4, -0.2) is 16.8 Å². The van der Waals surface area contributed by atoms with Gasteiger partial charge < -0.3 is 10.6 Å². The van der Waals surface area contributed by atoms with Gasteiger partial charge in [-0.2, -0.15) is 0 Å². The van der Waals surface area contributed by atoms with Gasteiger partial charge in [-0.15, -0.1) is 11.3 Å². The van der Waals surface area contributed by atoms with Crippen molar-refractivity contribution in [2.24, 2.45) is 0 Å². The van der Waals surface area contributed by atoms with Crippen LogP contribution in [0.1, 0.15) is 25.6 Å². The van der Waals surface area contributed by atoms with E-state index in [-0.39, 0.29) is 11.8 Å². The van der Waals surface area contributed by atoms with E-state index >= 15 is 0 Å². The molecule has 0 fully saturated rings. The van der Waals surface area contributed by atoms with Crippen molar-refractivity contribution in [1.82, 2.24) is 10.3 Å². The maximum Gasteiger partial charge on any atom is 0.257 e. The summed E-state index contributed by atoms with van der Waals surface area (Å²) in [7, 11) is 0. The molecule has 2 N–H and O–H groups in total. The molecular weight excluding hydrogens is 358 g/mol. The summed E-state index contributed by atoms with van der Waals surface area (Å²) < 4.78 is 0.685. The van der Waals surface area contributed by atoms with Crippen molar-refractivity contribution >= 4 is 40.4 Å². The summed E-state index contributed by atoms with van der Waals surface area (Å²) in [6.45, 7) is 0.405. The SMILES string of the molecule is O=C(NCc1ccc(Cl)s1)c1cccc(NC(=O)c2cccnc2)c1. The van der Waals surface area contributed by atoms with Crippen LogP contribution in [0.25, 0.3) is 0 Å². The topological polar surface area (TPSA) is 71.1 Å². The molecule has 2 amide bonds. The number of aromatic nitrogens is 1. The van der Waals surface area contributed by atoms with Gasteiger partial charge in [0.25, 0.3) is 11.8 Å². The second-order valence-electron chi connectivity index (χ2n) is 5.17. The average molecular weight is 372 g/mol. The zero-order valence-corrected chi connectivity index (χ0v) is 14.6. The molecule has 0 atom stereocenters. The standard InChI is InChI=1S/C18H14ClN3O2S/c19-16-7-6-15(25-16)11-21-17(23)12-3-1-5-14(9-12)22-18(24)13-4-2-8-20-10-13/h1-10H,11H2,(H,21,23)(H,22,24). The minimum Gasteiger partial charge on any atom is -0.347 e. The molecule has 1 aromatic carbocycles. The van der Waals surface area contributed by atoms with Crippen LogP contribution in [-0.2, 0) is 6.54 Å². The highest BCUT2D eigenvalue weighted by Crippen LogP contribution is 2.21. The van der Waals surface area contributed by atoms with E-state index in [1.807, 2.05) is 6.07 Å². The number of hydrogen-bond acceptors (Lipinski definition) is 4. The van der Waals surface area contributed by atoms with Gasteiger partial charge in [-0.3, -0.25) is 14.6 Å². The Morgan fingerprint density at radius 2 is 1.88 bits per heavy atom. The summed E-state index contributed by atoms with van der Waals surface area (Å²) in [4.78, 5) is 29.3. The van der Waals surface area contributed by atoms with Crippen LogP contribution in [0.2, 0.25) is 4.34 Å². The van der Waals surface area contributed by atoms with Gasteiger partial charge in [0.2, 0.25) is 0 Å². The Labute approximate surface area is 153 Å². The number of carbonyl (C=O) groups excluding carboxylic acids is 2. The van der Waals surface area contributed by atoms with Gasteiger partial charge in [0.1, 0.15) is 0 Å². The lowest BCUT2D eigenvalue weighted by Crippen LogP contribution is -2.22. The van der Waals surface area contributed by atoms with Crippen LogP contribution in [0.5, 0.6) is 0 Å². The number of carbonyl (C=O) groups is 2. The summed E-state index contributed by atoms with van der Waals surface area (Å²) in [5, 5.41) is 5.59. The average Bonchev–Trinajstić information content (AvgIpc) is 3.06. The molecule has 2 heterocycles. The lowest BCUT2D eigenvalue weighted by molar-refractivity contribution is 0.0950. The summed E-state index contributed by atoms with van der Waals surface area (Å²) in [5.41, 5.74) is 1.46. The highest BCUT2D eigenvalue weighted by molar-refractivity contribution is 7.16. The second kappa shape index (κ2) is 7.92. The smallest absolute Gasteiger partial charge is 0.257 e. The van der Waals surface area contributed by atoms with Crippen molar-refractivity contribution in [3.05, 3.63) is 81.3 Å². The first-order chi connectivity index (χ1) is 12.1. The highest BCUT2D eigenvalue weighted by atomic mass is 35.5. The minimum absolute atomic E-state index is 0.220. The van der Waals surface area contributed by atoms with Gasteiger partial charge in [-0.25, -0.2) is 0 Å². The van der Waals surface area contributed by atoms with E-state index in [2.05, 4.69) is 15.6 Å². The number of anilines is 1.